The molecule has 0 atom stereocenters. The number of rotatable bonds is 4. The van der Waals surface area contributed by atoms with Crippen molar-refractivity contribution >= 4 is 17.4 Å². The Morgan fingerprint density at radius 1 is 1.44 bits per heavy atom. The molecule has 0 radical (unpaired) electrons. The average molecular weight is 241 g/mol. The van der Waals surface area contributed by atoms with Crippen LogP contribution in [0.2, 0.25) is 5.02 Å². The molecule has 3 heteroatoms. The Bertz CT molecular complexity index is 411. The molecule has 1 rings (SSSR count). The molecule has 0 aliphatic heterocycles. The Kier molecular flexibility index (Phi) is 4.36. The first-order chi connectivity index (χ1) is 7.49. The molecule has 1 aromatic rings. The van der Waals surface area contributed by atoms with Gasteiger partial charge >= 0.3 is 0 Å². The zero-order valence-electron chi connectivity index (χ0n) is 10.2. The molecule has 88 valence electrons. The summed E-state index contributed by atoms with van der Waals surface area (Å²) in [4.78, 5) is 11.6. The Labute approximate surface area is 102 Å². The molecule has 0 aliphatic carbocycles. The molecule has 0 heterocycles. The molecule has 0 N–H and O–H groups in total. The van der Waals surface area contributed by atoms with Gasteiger partial charge in [0.2, 0.25) is 0 Å². The molecule has 0 saturated heterocycles. The summed E-state index contributed by atoms with van der Waals surface area (Å²) in [6.07, 6.45) is 0.915. The Morgan fingerprint density at radius 3 is 2.56 bits per heavy atom. The highest BCUT2D eigenvalue weighted by molar-refractivity contribution is 6.32. The second kappa shape index (κ2) is 5.35. The van der Waals surface area contributed by atoms with Gasteiger partial charge in [0.05, 0.1) is 12.2 Å². The lowest BCUT2D eigenvalue weighted by atomic mass is 10.0. The van der Waals surface area contributed by atoms with E-state index in [1.807, 2.05) is 26.8 Å². The second-order valence-electron chi connectivity index (χ2n) is 3.91. The fraction of sp³-hybridized carbons (Fsp3) is 0.462. The number of benzene rings is 1. The zero-order valence-corrected chi connectivity index (χ0v) is 10.9. The second-order valence-corrected chi connectivity index (χ2v) is 4.29. The van der Waals surface area contributed by atoms with E-state index in [0.29, 0.717) is 22.9 Å². The van der Waals surface area contributed by atoms with Crippen LogP contribution in [0.5, 0.6) is 5.75 Å². The van der Waals surface area contributed by atoms with Gasteiger partial charge in [-0.15, -0.1) is 0 Å². The van der Waals surface area contributed by atoms with Crippen LogP contribution in [0.25, 0.3) is 0 Å². The Hall–Kier alpha value is -1.02. The largest absolute Gasteiger partial charge is 0.493 e. The average Bonchev–Trinajstić information content (AvgIpc) is 2.22. The van der Waals surface area contributed by atoms with Crippen LogP contribution in [0.3, 0.4) is 0 Å². The van der Waals surface area contributed by atoms with E-state index in [1.54, 1.807) is 0 Å². The molecular formula is C13H17ClO2. The van der Waals surface area contributed by atoms with Crippen LogP contribution in [0.15, 0.2) is 6.07 Å². The van der Waals surface area contributed by atoms with Crippen LogP contribution in [0.1, 0.15) is 41.8 Å². The number of ketones is 1. The van der Waals surface area contributed by atoms with Crippen LogP contribution >= 0.6 is 11.6 Å². The van der Waals surface area contributed by atoms with E-state index in [1.165, 1.54) is 6.92 Å². The summed E-state index contributed by atoms with van der Waals surface area (Å²) in [5, 5.41) is 0.647. The maximum Gasteiger partial charge on any atom is 0.163 e. The van der Waals surface area contributed by atoms with Crippen molar-refractivity contribution in [1.82, 2.24) is 0 Å². The molecule has 0 bridgehead atoms. The van der Waals surface area contributed by atoms with E-state index in [9.17, 15) is 4.79 Å². The first-order valence-electron chi connectivity index (χ1n) is 5.42. The van der Waals surface area contributed by atoms with Gasteiger partial charge in [-0.05, 0) is 44.4 Å². The van der Waals surface area contributed by atoms with Gasteiger partial charge in [0, 0.05) is 5.02 Å². The molecular weight excluding hydrogens is 224 g/mol. The molecule has 2 nitrogen and oxygen atoms in total. The molecule has 0 unspecified atom stereocenters. The number of carbonyl (C=O) groups excluding carboxylic acids is 1. The van der Waals surface area contributed by atoms with Crippen molar-refractivity contribution in [3.05, 3.63) is 27.8 Å². The van der Waals surface area contributed by atoms with Crippen LogP contribution in [0, 0.1) is 13.8 Å². The molecule has 0 aromatic heterocycles. The van der Waals surface area contributed by atoms with E-state index in [4.69, 9.17) is 16.3 Å². The minimum Gasteiger partial charge on any atom is -0.493 e. The Morgan fingerprint density at radius 2 is 2.06 bits per heavy atom. The lowest BCUT2D eigenvalue weighted by Crippen LogP contribution is -2.05. The number of ether oxygens (including phenoxy) is 1. The topological polar surface area (TPSA) is 26.3 Å². The summed E-state index contributed by atoms with van der Waals surface area (Å²) in [7, 11) is 0. The van der Waals surface area contributed by atoms with E-state index < -0.39 is 0 Å². The SMILES string of the molecule is CCCOc1cc(C)c(Cl)c(C)c1C(C)=O. The molecule has 0 saturated carbocycles. The standard InChI is InChI=1S/C13H17ClO2/c1-5-6-16-11-7-8(2)13(14)9(3)12(11)10(4)15/h7H,5-6H2,1-4H3. The third-order valence-corrected chi connectivity index (χ3v) is 3.04. The summed E-state index contributed by atoms with van der Waals surface area (Å²) in [5.41, 5.74) is 2.35. The van der Waals surface area contributed by atoms with Crippen molar-refractivity contribution in [2.45, 2.75) is 34.1 Å². The van der Waals surface area contributed by atoms with Gasteiger partial charge in [0.1, 0.15) is 5.75 Å². The lowest BCUT2D eigenvalue weighted by Gasteiger charge is -2.14. The normalized spacial score (nSPS) is 10.3. The van der Waals surface area contributed by atoms with Gasteiger partial charge < -0.3 is 4.74 Å². The summed E-state index contributed by atoms with van der Waals surface area (Å²) < 4.78 is 5.58. The number of halogens is 1. The van der Waals surface area contributed by atoms with Crippen LogP contribution in [0.4, 0.5) is 0 Å². The number of carbonyl (C=O) groups is 1. The van der Waals surface area contributed by atoms with Crippen molar-refractivity contribution in [3.63, 3.8) is 0 Å². The summed E-state index contributed by atoms with van der Waals surface area (Å²) in [6, 6.07) is 1.84. The maximum atomic E-state index is 11.6. The number of hydrogen-bond acceptors (Lipinski definition) is 2. The summed E-state index contributed by atoms with van der Waals surface area (Å²) in [6.45, 7) is 7.94. The van der Waals surface area contributed by atoms with Gasteiger partial charge in [0.25, 0.3) is 0 Å². The number of aryl methyl sites for hydroxylation is 1. The van der Waals surface area contributed by atoms with E-state index in [-0.39, 0.29) is 5.78 Å². The third kappa shape index (κ3) is 2.56. The minimum atomic E-state index is -0.00879. The van der Waals surface area contributed by atoms with Gasteiger partial charge in [-0.1, -0.05) is 18.5 Å². The van der Waals surface area contributed by atoms with Crippen molar-refractivity contribution in [2.24, 2.45) is 0 Å². The summed E-state index contributed by atoms with van der Waals surface area (Å²) >= 11 is 6.13. The highest BCUT2D eigenvalue weighted by Crippen LogP contribution is 2.32. The van der Waals surface area contributed by atoms with Gasteiger partial charge in [-0.25, -0.2) is 0 Å². The van der Waals surface area contributed by atoms with E-state index in [0.717, 1.165) is 17.5 Å². The molecule has 0 aliphatic rings. The van der Waals surface area contributed by atoms with Crippen LogP contribution in [-0.2, 0) is 0 Å². The van der Waals surface area contributed by atoms with Gasteiger partial charge in [-0.3, -0.25) is 4.79 Å². The van der Waals surface area contributed by atoms with E-state index >= 15 is 0 Å². The van der Waals surface area contributed by atoms with Crippen molar-refractivity contribution in [3.8, 4) is 5.75 Å². The molecule has 1 aromatic carbocycles. The first-order valence-corrected chi connectivity index (χ1v) is 5.80. The lowest BCUT2D eigenvalue weighted by molar-refractivity contribution is 0.101. The third-order valence-electron chi connectivity index (χ3n) is 2.46. The first kappa shape index (κ1) is 13.0. The predicted octanol–water partition coefficient (Wildman–Crippen LogP) is 3.95. The van der Waals surface area contributed by atoms with E-state index in [2.05, 4.69) is 0 Å². The number of hydrogen-bond donors (Lipinski definition) is 0. The highest BCUT2D eigenvalue weighted by atomic mass is 35.5. The minimum absolute atomic E-state index is 0.00879. The fourth-order valence-corrected chi connectivity index (χ4v) is 1.83. The van der Waals surface area contributed by atoms with Crippen LogP contribution < -0.4 is 4.74 Å². The van der Waals surface area contributed by atoms with Crippen molar-refractivity contribution in [2.75, 3.05) is 6.61 Å². The van der Waals surface area contributed by atoms with Gasteiger partial charge in [-0.2, -0.15) is 0 Å². The van der Waals surface area contributed by atoms with Crippen LogP contribution in [-0.4, -0.2) is 12.4 Å². The van der Waals surface area contributed by atoms with Crippen molar-refractivity contribution < 1.29 is 9.53 Å². The maximum absolute atomic E-state index is 11.6. The predicted molar refractivity (Wildman–Crippen MR) is 66.7 cm³/mol. The quantitative estimate of drug-likeness (QED) is 0.745. The Balaban J connectivity index is 3.29. The smallest absolute Gasteiger partial charge is 0.163 e. The highest BCUT2D eigenvalue weighted by Gasteiger charge is 2.16. The zero-order chi connectivity index (χ0) is 12.3. The monoisotopic (exact) mass is 240 g/mol. The molecule has 0 spiro atoms. The molecule has 16 heavy (non-hydrogen) atoms. The van der Waals surface area contributed by atoms with Gasteiger partial charge in [0.15, 0.2) is 5.78 Å². The fourth-order valence-electron chi connectivity index (χ4n) is 1.69. The molecule has 0 amide bonds. The summed E-state index contributed by atoms with van der Waals surface area (Å²) in [5.74, 6) is 0.638. The molecule has 0 fully saturated rings. The van der Waals surface area contributed by atoms with Crippen molar-refractivity contribution in [1.29, 1.82) is 0 Å². The number of Topliss-reactive ketones (excluding diaryl/α,β-unsaturated/α-hetero) is 1.